The van der Waals surface area contributed by atoms with Crippen molar-refractivity contribution in [3.63, 3.8) is 0 Å². The maximum Gasteiger partial charge on any atom is 0.306 e. The standard InChI is InChI=1S/C10H18O2/c1-6(8(11)12)7-9(2,3)10(7,4)5/h6-7H,1-5H3,(H,11,12). The Morgan fingerprint density at radius 2 is 1.58 bits per heavy atom. The molecule has 0 aromatic heterocycles. The molecule has 0 aromatic carbocycles. The van der Waals surface area contributed by atoms with E-state index in [1.165, 1.54) is 0 Å². The third-order valence-corrected chi connectivity index (χ3v) is 4.02. The van der Waals surface area contributed by atoms with Gasteiger partial charge in [-0.1, -0.05) is 34.6 Å². The SMILES string of the molecule is CC(C(=O)O)C1C(C)(C)C1(C)C. The molecule has 0 heterocycles. The van der Waals surface area contributed by atoms with Crippen LogP contribution in [0.5, 0.6) is 0 Å². The predicted octanol–water partition coefficient (Wildman–Crippen LogP) is 2.39. The molecule has 1 unspecified atom stereocenters. The smallest absolute Gasteiger partial charge is 0.306 e. The average Bonchev–Trinajstić information content (AvgIpc) is 2.23. The van der Waals surface area contributed by atoms with Crippen LogP contribution in [-0.2, 0) is 4.79 Å². The fraction of sp³-hybridized carbons (Fsp3) is 0.900. The molecule has 0 amide bonds. The fourth-order valence-electron chi connectivity index (χ4n) is 2.64. The Kier molecular flexibility index (Phi) is 1.78. The first-order valence-corrected chi connectivity index (χ1v) is 4.45. The molecule has 1 fully saturated rings. The summed E-state index contributed by atoms with van der Waals surface area (Å²) >= 11 is 0. The second kappa shape index (κ2) is 2.24. The third kappa shape index (κ3) is 0.970. The number of hydrogen-bond acceptors (Lipinski definition) is 1. The highest BCUT2D eigenvalue weighted by atomic mass is 16.4. The van der Waals surface area contributed by atoms with Crippen molar-refractivity contribution in [2.75, 3.05) is 0 Å². The van der Waals surface area contributed by atoms with Crippen LogP contribution >= 0.6 is 0 Å². The van der Waals surface area contributed by atoms with E-state index in [9.17, 15) is 4.79 Å². The monoisotopic (exact) mass is 170 g/mol. The molecule has 0 aromatic rings. The second-order valence-corrected chi connectivity index (χ2v) is 5.05. The topological polar surface area (TPSA) is 37.3 Å². The first-order valence-electron chi connectivity index (χ1n) is 4.45. The van der Waals surface area contributed by atoms with E-state index in [1.807, 2.05) is 6.92 Å². The first-order chi connectivity index (χ1) is 5.23. The maximum atomic E-state index is 10.8. The summed E-state index contributed by atoms with van der Waals surface area (Å²) in [6.45, 7) is 10.4. The zero-order chi connectivity index (χ0) is 9.73. The number of hydrogen-bond donors (Lipinski definition) is 1. The van der Waals surface area contributed by atoms with Gasteiger partial charge in [0.05, 0.1) is 5.92 Å². The van der Waals surface area contributed by atoms with Gasteiger partial charge in [-0.05, 0) is 16.7 Å². The molecule has 0 radical (unpaired) electrons. The molecule has 70 valence electrons. The Labute approximate surface area is 74.0 Å². The molecule has 2 heteroatoms. The number of carboxylic acid groups (broad SMARTS) is 1. The summed E-state index contributed by atoms with van der Waals surface area (Å²) in [6, 6.07) is 0. The van der Waals surface area contributed by atoms with Crippen LogP contribution in [0.2, 0.25) is 0 Å². The van der Waals surface area contributed by atoms with Gasteiger partial charge in [-0.2, -0.15) is 0 Å². The van der Waals surface area contributed by atoms with Gasteiger partial charge in [0.2, 0.25) is 0 Å². The van der Waals surface area contributed by atoms with Gasteiger partial charge in [0.25, 0.3) is 0 Å². The van der Waals surface area contributed by atoms with Crippen molar-refractivity contribution in [1.29, 1.82) is 0 Å². The Balaban J connectivity index is 2.77. The predicted molar refractivity (Wildman–Crippen MR) is 47.9 cm³/mol. The average molecular weight is 170 g/mol. The summed E-state index contributed by atoms with van der Waals surface area (Å²) in [5.74, 6) is -0.559. The summed E-state index contributed by atoms with van der Waals surface area (Å²) in [6.07, 6.45) is 0. The van der Waals surface area contributed by atoms with Gasteiger partial charge in [0.1, 0.15) is 0 Å². The minimum absolute atomic E-state index is 0.185. The summed E-state index contributed by atoms with van der Waals surface area (Å²) in [5, 5.41) is 8.86. The molecule has 2 nitrogen and oxygen atoms in total. The number of carboxylic acids is 1. The Morgan fingerprint density at radius 3 is 1.67 bits per heavy atom. The van der Waals surface area contributed by atoms with E-state index < -0.39 is 5.97 Å². The number of rotatable bonds is 2. The lowest BCUT2D eigenvalue weighted by molar-refractivity contribution is -0.142. The van der Waals surface area contributed by atoms with Crippen LogP contribution in [0.4, 0.5) is 0 Å². The van der Waals surface area contributed by atoms with Gasteiger partial charge in [-0.15, -0.1) is 0 Å². The summed E-state index contributed by atoms with van der Waals surface area (Å²) in [4.78, 5) is 10.8. The van der Waals surface area contributed by atoms with Crippen LogP contribution in [0.1, 0.15) is 34.6 Å². The third-order valence-electron chi connectivity index (χ3n) is 4.02. The molecule has 0 aliphatic heterocycles. The van der Waals surface area contributed by atoms with Gasteiger partial charge < -0.3 is 5.11 Å². The normalized spacial score (nSPS) is 28.1. The number of carbonyl (C=O) groups is 1. The Bertz CT molecular complexity index is 202. The van der Waals surface area contributed by atoms with Gasteiger partial charge in [0, 0.05) is 0 Å². The van der Waals surface area contributed by atoms with E-state index >= 15 is 0 Å². The lowest BCUT2D eigenvalue weighted by Crippen LogP contribution is -2.15. The summed E-state index contributed by atoms with van der Waals surface area (Å²) < 4.78 is 0. The van der Waals surface area contributed by atoms with Crippen LogP contribution in [0.15, 0.2) is 0 Å². The summed E-state index contributed by atoms with van der Waals surface area (Å²) in [5.41, 5.74) is 0.371. The van der Waals surface area contributed by atoms with E-state index in [0.29, 0.717) is 5.92 Å². The highest BCUT2D eigenvalue weighted by molar-refractivity contribution is 5.71. The highest BCUT2D eigenvalue weighted by Gasteiger charge is 2.67. The minimum Gasteiger partial charge on any atom is -0.481 e. The van der Waals surface area contributed by atoms with Crippen molar-refractivity contribution in [2.45, 2.75) is 34.6 Å². The van der Waals surface area contributed by atoms with Crippen LogP contribution in [0.3, 0.4) is 0 Å². The van der Waals surface area contributed by atoms with Crippen LogP contribution in [0.25, 0.3) is 0 Å². The molecule has 1 aliphatic carbocycles. The Morgan fingerprint density at radius 1 is 1.25 bits per heavy atom. The second-order valence-electron chi connectivity index (χ2n) is 5.05. The Hall–Kier alpha value is -0.530. The lowest BCUT2D eigenvalue weighted by atomic mass is 9.99. The van der Waals surface area contributed by atoms with Crippen molar-refractivity contribution in [1.82, 2.24) is 0 Å². The van der Waals surface area contributed by atoms with Crippen LogP contribution < -0.4 is 0 Å². The van der Waals surface area contributed by atoms with Gasteiger partial charge in [-0.25, -0.2) is 0 Å². The van der Waals surface area contributed by atoms with Gasteiger partial charge >= 0.3 is 5.97 Å². The minimum atomic E-state index is -0.668. The molecule has 1 saturated carbocycles. The number of aliphatic carboxylic acids is 1. The molecule has 0 spiro atoms. The molecule has 0 bridgehead atoms. The van der Waals surface area contributed by atoms with Crippen molar-refractivity contribution in [3.8, 4) is 0 Å². The molecular formula is C10H18O2. The molecular weight excluding hydrogens is 152 g/mol. The molecule has 1 atom stereocenters. The molecule has 12 heavy (non-hydrogen) atoms. The zero-order valence-corrected chi connectivity index (χ0v) is 8.51. The van der Waals surface area contributed by atoms with Crippen molar-refractivity contribution in [2.24, 2.45) is 22.7 Å². The molecule has 1 N–H and O–H groups in total. The van der Waals surface area contributed by atoms with Crippen LogP contribution in [0, 0.1) is 22.7 Å². The largest absolute Gasteiger partial charge is 0.481 e. The lowest BCUT2D eigenvalue weighted by Gasteiger charge is -2.06. The highest BCUT2D eigenvalue weighted by Crippen LogP contribution is 2.71. The van der Waals surface area contributed by atoms with Gasteiger partial charge in [-0.3, -0.25) is 4.79 Å². The van der Waals surface area contributed by atoms with Crippen LogP contribution in [-0.4, -0.2) is 11.1 Å². The first kappa shape index (κ1) is 9.56. The van der Waals surface area contributed by atoms with E-state index in [2.05, 4.69) is 27.7 Å². The fourth-order valence-corrected chi connectivity index (χ4v) is 2.64. The van der Waals surface area contributed by atoms with E-state index in [4.69, 9.17) is 5.11 Å². The maximum absolute atomic E-state index is 10.8. The van der Waals surface area contributed by atoms with Crippen molar-refractivity contribution in [3.05, 3.63) is 0 Å². The van der Waals surface area contributed by atoms with Crippen molar-refractivity contribution >= 4 is 5.97 Å². The van der Waals surface area contributed by atoms with E-state index in [-0.39, 0.29) is 16.7 Å². The van der Waals surface area contributed by atoms with Crippen molar-refractivity contribution < 1.29 is 9.90 Å². The van der Waals surface area contributed by atoms with E-state index in [0.717, 1.165) is 0 Å². The van der Waals surface area contributed by atoms with Gasteiger partial charge in [0.15, 0.2) is 0 Å². The molecule has 1 rings (SSSR count). The summed E-state index contributed by atoms with van der Waals surface area (Å²) in [7, 11) is 0. The molecule has 0 saturated heterocycles. The van der Waals surface area contributed by atoms with E-state index in [1.54, 1.807) is 0 Å². The quantitative estimate of drug-likeness (QED) is 0.691. The molecule has 1 aliphatic rings. The zero-order valence-electron chi connectivity index (χ0n) is 8.51.